The molecule has 0 atom stereocenters. The molecule has 2 aromatic rings. The Labute approximate surface area is 147 Å². The van der Waals surface area contributed by atoms with Crippen molar-refractivity contribution >= 4 is 34.8 Å². The van der Waals surface area contributed by atoms with Crippen molar-refractivity contribution < 1.29 is 9.59 Å². The summed E-state index contributed by atoms with van der Waals surface area (Å²) in [6, 6.07) is 11.1. The highest BCUT2D eigenvalue weighted by molar-refractivity contribution is 6.31. The van der Waals surface area contributed by atoms with E-state index in [4.69, 9.17) is 11.6 Å². The van der Waals surface area contributed by atoms with Crippen LogP contribution in [0.5, 0.6) is 0 Å². The first-order chi connectivity index (χ1) is 11.4. The summed E-state index contributed by atoms with van der Waals surface area (Å²) < 4.78 is 0. The number of hydrogen-bond donors (Lipinski definition) is 2. The summed E-state index contributed by atoms with van der Waals surface area (Å²) in [6.07, 6.45) is 0.564. The maximum absolute atomic E-state index is 12.2. The van der Waals surface area contributed by atoms with Crippen molar-refractivity contribution in [2.45, 2.75) is 33.6 Å². The minimum atomic E-state index is -0.376. The lowest BCUT2D eigenvalue weighted by atomic mass is 10.1. The number of aryl methyl sites for hydroxylation is 3. The van der Waals surface area contributed by atoms with E-state index >= 15 is 0 Å². The second kappa shape index (κ2) is 7.97. The van der Waals surface area contributed by atoms with Crippen LogP contribution >= 0.6 is 11.6 Å². The molecule has 0 aromatic heterocycles. The summed E-state index contributed by atoms with van der Waals surface area (Å²) >= 11 is 6.03. The maximum Gasteiger partial charge on any atom is 0.233 e. The third-order valence-corrected chi connectivity index (χ3v) is 4.19. The fraction of sp³-hybridized carbons (Fsp3) is 0.263. The number of para-hydroxylation sites is 1. The predicted octanol–water partition coefficient (Wildman–Crippen LogP) is 4.49. The predicted molar refractivity (Wildman–Crippen MR) is 98.6 cm³/mol. The molecule has 0 bridgehead atoms. The molecule has 0 saturated heterocycles. The molecule has 5 heteroatoms. The third kappa shape index (κ3) is 4.59. The Morgan fingerprint density at radius 1 is 1.00 bits per heavy atom. The molecule has 2 amide bonds. The van der Waals surface area contributed by atoms with E-state index in [9.17, 15) is 9.59 Å². The van der Waals surface area contributed by atoms with Crippen molar-refractivity contribution in [3.63, 3.8) is 0 Å². The average molecular weight is 345 g/mol. The number of anilines is 2. The van der Waals surface area contributed by atoms with Crippen molar-refractivity contribution in [1.29, 1.82) is 0 Å². The molecule has 24 heavy (non-hydrogen) atoms. The highest BCUT2D eigenvalue weighted by Gasteiger charge is 2.13. The number of hydrogen-bond acceptors (Lipinski definition) is 2. The molecular formula is C19H21ClN2O2. The Morgan fingerprint density at radius 2 is 1.71 bits per heavy atom. The van der Waals surface area contributed by atoms with Crippen LogP contribution in [0.1, 0.15) is 30.0 Å². The van der Waals surface area contributed by atoms with Crippen LogP contribution in [0.25, 0.3) is 0 Å². The summed E-state index contributed by atoms with van der Waals surface area (Å²) in [4.78, 5) is 24.2. The minimum absolute atomic E-state index is 0.247. The van der Waals surface area contributed by atoms with E-state index in [-0.39, 0.29) is 18.2 Å². The lowest BCUT2D eigenvalue weighted by Crippen LogP contribution is -2.22. The van der Waals surface area contributed by atoms with Gasteiger partial charge in [-0.05, 0) is 49.1 Å². The Kier molecular flexibility index (Phi) is 5.99. The SMILES string of the molecule is CCc1cccc(C)c1NC(=O)CC(=O)Nc1ccc(C)c(Cl)c1. The molecule has 4 nitrogen and oxygen atoms in total. The first-order valence-electron chi connectivity index (χ1n) is 7.85. The van der Waals surface area contributed by atoms with Gasteiger partial charge < -0.3 is 10.6 Å². The van der Waals surface area contributed by atoms with Crippen LogP contribution in [0.3, 0.4) is 0 Å². The van der Waals surface area contributed by atoms with Crippen molar-refractivity contribution in [3.8, 4) is 0 Å². The number of benzene rings is 2. The number of halogens is 1. The lowest BCUT2D eigenvalue weighted by Gasteiger charge is -2.13. The van der Waals surface area contributed by atoms with Gasteiger partial charge in [-0.1, -0.05) is 42.8 Å². The topological polar surface area (TPSA) is 58.2 Å². The summed E-state index contributed by atoms with van der Waals surface area (Å²) in [5.74, 6) is -0.714. The summed E-state index contributed by atoms with van der Waals surface area (Å²) in [5.41, 5.74) is 4.33. The van der Waals surface area contributed by atoms with Gasteiger partial charge in [0.25, 0.3) is 0 Å². The van der Waals surface area contributed by atoms with Crippen LogP contribution < -0.4 is 10.6 Å². The third-order valence-electron chi connectivity index (χ3n) is 3.78. The van der Waals surface area contributed by atoms with Crippen LogP contribution in [0, 0.1) is 13.8 Å². The Hall–Kier alpha value is -2.33. The Morgan fingerprint density at radius 3 is 2.38 bits per heavy atom. The van der Waals surface area contributed by atoms with E-state index in [1.54, 1.807) is 12.1 Å². The number of carbonyl (C=O) groups is 2. The molecule has 0 aliphatic carbocycles. The van der Waals surface area contributed by atoms with E-state index in [2.05, 4.69) is 10.6 Å². The quantitative estimate of drug-likeness (QED) is 0.785. The van der Waals surface area contributed by atoms with Gasteiger partial charge in [-0.3, -0.25) is 9.59 Å². The summed E-state index contributed by atoms with van der Waals surface area (Å²) in [7, 11) is 0. The Bertz CT molecular complexity index is 772. The first-order valence-corrected chi connectivity index (χ1v) is 8.23. The molecule has 2 rings (SSSR count). The molecule has 0 saturated carbocycles. The molecule has 0 unspecified atom stereocenters. The van der Waals surface area contributed by atoms with Crippen molar-refractivity contribution in [3.05, 3.63) is 58.1 Å². The van der Waals surface area contributed by atoms with Gasteiger partial charge >= 0.3 is 0 Å². The van der Waals surface area contributed by atoms with Crippen LogP contribution in [0.4, 0.5) is 11.4 Å². The fourth-order valence-corrected chi connectivity index (χ4v) is 2.59. The number of nitrogens with one attached hydrogen (secondary N) is 2. The van der Waals surface area contributed by atoms with Gasteiger partial charge in [0.1, 0.15) is 6.42 Å². The zero-order chi connectivity index (χ0) is 17.7. The number of rotatable bonds is 5. The van der Waals surface area contributed by atoms with Gasteiger partial charge in [-0.25, -0.2) is 0 Å². The number of amides is 2. The van der Waals surface area contributed by atoms with Crippen molar-refractivity contribution in [2.24, 2.45) is 0 Å². The average Bonchev–Trinajstić information content (AvgIpc) is 2.52. The largest absolute Gasteiger partial charge is 0.326 e. The Balaban J connectivity index is 1.99. The van der Waals surface area contributed by atoms with E-state index < -0.39 is 0 Å². The van der Waals surface area contributed by atoms with Gasteiger partial charge in [-0.15, -0.1) is 0 Å². The summed E-state index contributed by atoms with van der Waals surface area (Å²) in [6.45, 7) is 5.84. The molecule has 2 aromatic carbocycles. The van der Waals surface area contributed by atoms with Crippen LogP contribution in [0.2, 0.25) is 5.02 Å². The monoisotopic (exact) mass is 344 g/mol. The number of carbonyl (C=O) groups excluding carboxylic acids is 2. The molecule has 0 aliphatic heterocycles. The fourth-order valence-electron chi connectivity index (χ4n) is 2.41. The molecule has 0 spiro atoms. The molecule has 0 radical (unpaired) electrons. The first kappa shape index (κ1) is 18.0. The van der Waals surface area contributed by atoms with Gasteiger partial charge in [0, 0.05) is 16.4 Å². The molecule has 0 aliphatic rings. The molecule has 126 valence electrons. The van der Waals surface area contributed by atoms with E-state index in [1.165, 1.54) is 0 Å². The van der Waals surface area contributed by atoms with Crippen LogP contribution in [0.15, 0.2) is 36.4 Å². The zero-order valence-electron chi connectivity index (χ0n) is 14.1. The molecule has 0 heterocycles. The van der Waals surface area contributed by atoms with Crippen molar-refractivity contribution in [1.82, 2.24) is 0 Å². The van der Waals surface area contributed by atoms with E-state index in [1.807, 2.05) is 45.0 Å². The highest BCUT2D eigenvalue weighted by atomic mass is 35.5. The van der Waals surface area contributed by atoms with E-state index in [0.717, 1.165) is 28.8 Å². The molecular weight excluding hydrogens is 324 g/mol. The van der Waals surface area contributed by atoms with Crippen LogP contribution in [-0.4, -0.2) is 11.8 Å². The zero-order valence-corrected chi connectivity index (χ0v) is 14.8. The normalized spacial score (nSPS) is 10.3. The highest BCUT2D eigenvalue weighted by Crippen LogP contribution is 2.22. The van der Waals surface area contributed by atoms with Crippen LogP contribution in [-0.2, 0) is 16.0 Å². The van der Waals surface area contributed by atoms with Gasteiger partial charge in [0.2, 0.25) is 11.8 Å². The minimum Gasteiger partial charge on any atom is -0.326 e. The second-order valence-electron chi connectivity index (χ2n) is 5.70. The lowest BCUT2D eigenvalue weighted by molar-refractivity contribution is -0.123. The van der Waals surface area contributed by atoms with Crippen molar-refractivity contribution in [2.75, 3.05) is 10.6 Å². The smallest absolute Gasteiger partial charge is 0.233 e. The maximum atomic E-state index is 12.2. The molecule has 2 N–H and O–H groups in total. The summed E-state index contributed by atoms with van der Waals surface area (Å²) in [5, 5.41) is 6.10. The molecule has 0 fully saturated rings. The van der Waals surface area contributed by atoms with Gasteiger partial charge in [-0.2, -0.15) is 0 Å². The van der Waals surface area contributed by atoms with Gasteiger partial charge in [0.15, 0.2) is 0 Å². The van der Waals surface area contributed by atoms with Gasteiger partial charge in [0.05, 0.1) is 0 Å². The van der Waals surface area contributed by atoms with E-state index in [0.29, 0.717) is 10.7 Å². The standard InChI is InChI=1S/C19H21ClN2O2/c1-4-14-7-5-6-13(3)19(14)22-18(24)11-17(23)21-15-9-8-12(2)16(20)10-15/h5-10H,4,11H2,1-3H3,(H,21,23)(H,22,24). The second-order valence-corrected chi connectivity index (χ2v) is 6.11.